The molecule has 0 spiro atoms. The minimum Gasteiger partial charge on any atom is -0.497 e. The average molecular weight is 432 g/mol. The molecule has 2 amide bonds. The number of amides is 2. The van der Waals surface area contributed by atoms with Gasteiger partial charge in [-0.15, -0.1) is 0 Å². The van der Waals surface area contributed by atoms with Gasteiger partial charge >= 0.3 is 0 Å². The molecule has 8 heteroatoms. The van der Waals surface area contributed by atoms with E-state index in [9.17, 15) is 9.59 Å². The van der Waals surface area contributed by atoms with Crippen LogP contribution >= 0.6 is 0 Å². The Kier molecular flexibility index (Phi) is 4.44. The van der Waals surface area contributed by atoms with E-state index in [1.165, 1.54) is 7.11 Å². The molecule has 0 aliphatic carbocycles. The van der Waals surface area contributed by atoms with Gasteiger partial charge in [0.05, 0.1) is 50.6 Å². The van der Waals surface area contributed by atoms with Crippen LogP contribution < -0.4 is 24.3 Å². The Balaban J connectivity index is 1.92. The smallest absolute Gasteiger partial charge is 0.261 e. The van der Waals surface area contributed by atoms with E-state index in [4.69, 9.17) is 18.9 Å². The van der Waals surface area contributed by atoms with Crippen molar-refractivity contribution in [2.75, 3.05) is 28.4 Å². The SMILES string of the molecule is COc1ccc2c(c1)[nH]c1c3c(cc(-c4cc(OC)c(OC)c(OC)c4)c12)C(=O)NC3=O. The minimum atomic E-state index is -0.433. The van der Waals surface area contributed by atoms with Crippen molar-refractivity contribution in [3.8, 4) is 34.1 Å². The first-order chi connectivity index (χ1) is 15.5. The number of rotatable bonds is 5. The predicted octanol–water partition coefficient (Wildman–Crippen LogP) is 3.91. The van der Waals surface area contributed by atoms with E-state index >= 15 is 0 Å². The van der Waals surface area contributed by atoms with Gasteiger partial charge in [0.1, 0.15) is 5.75 Å². The molecule has 1 aromatic heterocycles. The Bertz CT molecular complexity index is 1410. The minimum absolute atomic E-state index is 0.310. The highest BCUT2D eigenvalue weighted by molar-refractivity contribution is 6.30. The fourth-order valence-corrected chi connectivity index (χ4v) is 4.31. The molecule has 2 heterocycles. The molecular formula is C24H20N2O6. The number of carbonyl (C=O) groups excluding carboxylic acids is 2. The number of hydrogen-bond donors (Lipinski definition) is 2. The molecule has 0 atom stereocenters. The highest BCUT2D eigenvalue weighted by Crippen LogP contribution is 2.45. The van der Waals surface area contributed by atoms with Crippen LogP contribution in [0.2, 0.25) is 0 Å². The van der Waals surface area contributed by atoms with Crippen LogP contribution in [0.25, 0.3) is 32.9 Å². The van der Waals surface area contributed by atoms with E-state index in [-0.39, 0.29) is 0 Å². The van der Waals surface area contributed by atoms with Gasteiger partial charge in [0.2, 0.25) is 5.75 Å². The second kappa shape index (κ2) is 7.19. The van der Waals surface area contributed by atoms with E-state index < -0.39 is 11.8 Å². The Morgan fingerprint density at radius 2 is 1.47 bits per heavy atom. The zero-order valence-corrected chi connectivity index (χ0v) is 17.9. The highest BCUT2D eigenvalue weighted by Gasteiger charge is 2.32. The van der Waals surface area contributed by atoms with Crippen LogP contribution in [0.1, 0.15) is 20.7 Å². The Hall–Kier alpha value is -4.20. The fraction of sp³-hybridized carbons (Fsp3) is 0.167. The lowest BCUT2D eigenvalue weighted by Crippen LogP contribution is -2.20. The van der Waals surface area contributed by atoms with Crippen LogP contribution in [0.4, 0.5) is 0 Å². The number of aromatic nitrogens is 1. The zero-order chi connectivity index (χ0) is 22.6. The topological polar surface area (TPSA) is 98.9 Å². The summed E-state index contributed by atoms with van der Waals surface area (Å²) in [5.74, 6) is 1.25. The fourth-order valence-electron chi connectivity index (χ4n) is 4.31. The van der Waals surface area contributed by atoms with Crippen molar-refractivity contribution in [1.82, 2.24) is 10.3 Å². The van der Waals surface area contributed by atoms with Gasteiger partial charge in [-0.1, -0.05) is 0 Å². The maximum atomic E-state index is 12.6. The summed E-state index contributed by atoms with van der Waals surface area (Å²) in [5, 5.41) is 4.09. The van der Waals surface area contributed by atoms with Crippen LogP contribution in [0, 0.1) is 0 Å². The number of benzene rings is 3. The van der Waals surface area contributed by atoms with Crippen molar-refractivity contribution < 1.29 is 28.5 Å². The van der Waals surface area contributed by atoms with E-state index in [1.807, 2.05) is 30.3 Å². The van der Waals surface area contributed by atoms with E-state index in [0.717, 1.165) is 27.4 Å². The Morgan fingerprint density at radius 3 is 2.09 bits per heavy atom. The van der Waals surface area contributed by atoms with Crippen molar-refractivity contribution >= 4 is 33.6 Å². The van der Waals surface area contributed by atoms with Gasteiger partial charge in [0.25, 0.3) is 11.8 Å². The van der Waals surface area contributed by atoms with Crippen molar-refractivity contribution in [2.24, 2.45) is 0 Å². The maximum Gasteiger partial charge on any atom is 0.261 e. The van der Waals surface area contributed by atoms with Gasteiger partial charge in [-0.25, -0.2) is 0 Å². The molecule has 3 aromatic carbocycles. The number of nitrogens with one attached hydrogen (secondary N) is 2. The lowest BCUT2D eigenvalue weighted by molar-refractivity contribution is 0.0880. The largest absolute Gasteiger partial charge is 0.497 e. The first kappa shape index (κ1) is 19.7. The molecule has 4 aromatic rings. The summed E-state index contributed by atoms with van der Waals surface area (Å²) in [7, 11) is 6.22. The maximum absolute atomic E-state index is 12.6. The third-order valence-electron chi connectivity index (χ3n) is 5.76. The third kappa shape index (κ3) is 2.69. The summed E-state index contributed by atoms with van der Waals surface area (Å²) in [5.41, 5.74) is 3.50. The molecule has 162 valence electrons. The lowest BCUT2D eigenvalue weighted by atomic mass is 9.93. The number of fused-ring (bicyclic) bond motifs is 5. The molecule has 8 nitrogen and oxygen atoms in total. The second-order valence-corrected chi connectivity index (χ2v) is 7.33. The van der Waals surface area contributed by atoms with Gasteiger partial charge in [0.15, 0.2) is 11.5 Å². The molecule has 0 fully saturated rings. The van der Waals surface area contributed by atoms with E-state index in [1.54, 1.807) is 27.4 Å². The second-order valence-electron chi connectivity index (χ2n) is 7.33. The van der Waals surface area contributed by atoms with E-state index in [0.29, 0.717) is 39.6 Å². The van der Waals surface area contributed by atoms with Crippen molar-refractivity contribution in [2.45, 2.75) is 0 Å². The van der Waals surface area contributed by atoms with Gasteiger partial charge < -0.3 is 23.9 Å². The standard InChI is InChI=1S/C24H20N2O6/c1-29-12-5-6-13-16(9-12)25-21-19(13)14(10-15-20(21)24(28)26-23(15)27)11-7-17(30-2)22(32-4)18(8-11)31-3/h5-10,25H,1-4H3,(H,26,27,28). The lowest BCUT2D eigenvalue weighted by Gasteiger charge is -2.15. The summed E-state index contributed by atoms with van der Waals surface area (Å²) in [6.07, 6.45) is 0. The molecule has 1 aliphatic heterocycles. The molecule has 0 saturated heterocycles. The van der Waals surface area contributed by atoms with Gasteiger partial charge in [-0.3, -0.25) is 14.9 Å². The van der Waals surface area contributed by atoms with Crippen LogP contribution in [-0.2, 0) is 0 Å². The first-order valence-electron chi connectivity index (χ1n) is 9.83. The van der Waals surface area contributed by atoms with Gasteiger partial charge in [0, 0.05) is 16.8 Å². The van der Waals surface area contributed by atoms with Crippen LogP contribution in [-0.4, -0.2) is 45.2 Å². The summed E-state index contributed by atoms with van der Waals surface area (Å²) in [6, 6.07) is 11.0. The number of hydrogen-bond acceptors (Lipinski definition) is 6. The summed E-state index contributed by atoms with van der Waals surface area (Å²) < 4.78 is 21.8. The van der Waals surface area contributed by atoms with Crippen molar-refractivity contribution in [1.29, 1.82) is 0 Å². The normalized spacial score (nSPS) is 12.8. The molecular weight excluding hydrogens is 412 g/mol. The molecule has 0 unspecified atom stereocenters. The molecule has 0 radical (unpaired) electrons. The number of aromatic amines is 1. The first-order valence-corrected chi connectivity index (χ1v) is 9.83. The van der Waals surface area contributed by atoms with Crippen LogP contribution in [0.5, 0.6) is 23.0 Å². The van der Waals surface area contributed by atoms with Crippen molar-refractivity contribution in [3.63, 3.8) is 0 Å². The quantitative estimate of drug-likeness (QED) is 0.464. The van der Waals surface area contributed by atoms with Crippen LogP contribution in [0.15, 0.2) is 36.4 Å². The number of methoxy groups -OCH3 is 4. The molecule has 0 saturated carbocycles. The van der Waals surface area contributed by atoms with E-state index in [2.05, 4.69) is 10.3 Å². The zero-order valence-electron chi connectivity index (χ0n) is 17.9. The summed E-state index contributed by atoms with van der Waals surface area (Å²) in [6.45, 7) is 0. The number of H-pyrrole nitrogens is 1. The summed E-state index contributed by atoms with van der Waals surface area (Å²) >= 11 is 0. The molecule has 32 heavy (non-hydrogen) atoms. The van der Waals surface area contributed by atoms with Gasteiger partial charge in [-0.2, -0.15) is 0 Å². The molecule has 1 aliphatic rings. The predicted molar refractivity (Wildman–Crippen MR) is 119 cm³/mol. The van der Waals surface area contributed by atoms with Gasteiger partial charge in [-0.05, 0) is 41.5 Å². The number of imide groups is 1. The van der Waals surface area contributed by atoms with Crippen molar-refractivity contribution in [3.05, 3.63) is 47.5 Å². The highest BCUT2D eigenvalue weighted by atomic mass is 16.5. The number of ether oxygens (including phenoxy) is 4. The average Bonchev–Trinajstić information content (AvgIpc) is 3.33. The number of carbonyl (C=O) groups is 2. The Morgan fingerprint density at radius 1 is 0.750 bits per heavy atom. The van der Waals surface area contributed by atoms with Crippen LogP contribution in [0.3, 0.4) is 0 Å². The Labute approximate surface area is 183 Å². The molecule has 0 bridgehead atoms. The third-order valence-corrected chi connectivity index (χ3v) is 5.76. The monoisotopic (exact) mass is 432 g/mol. The molecule has 2 N–H and O–H groups in total. The summed E-state index contributed by atoms with van der Waals surface area (Å²) in [4.78, 5) is 28.4. The molecule has 5 rings (SSSR count).